The number of aliphatic hydroxyl groups excluding tert-OH is 1. The van der Waals surface area contributed by atoms with Crippen molar-refractivity contribution in [2.45, 2.75) is 25.9 Å². The first-order chi connectivity index (χ1) is 8.17. The van der Waals surface area contributed by atoms with Gasteiger partial charge in [0.1, 0.15) is 5.82 Å². The van der Waals surface area contributed by atoms with Crippen LogP contribution in [0, 0.1) is 0 Å². The van der Waals surface area contributed by atoms with E-state index in [-0.39, 0.29) is 6.61 Å². The molecule has 0 fully saturated rings. The Labute approximate surface area is 103 Å². The van der Waals surface area contributed by atoms with E-state index in [1.54, 1.807) is 0 Å². The fourth-order valence-electron chi connectivity index (χ4n) is 1.93. The van der Waals surface area contributed by atoms with Crippen molar-refractivity contribution in [3.8, 4) is 0 Å². The van der Waals surface area contributed by atoms with Crippen molar-refractivity contribution >= 4 is 0 Å². The third-order valence-electron chi connectivity index (χ3n) is 2.83. The molecule has 1 rings (SSSR count). The summed E-state index contributed by atoms with van der Waals surface area (Å²) in [6.45, 7) is 5.00. The van der Waals surface area contributed by atoms with Crippen molar-refractivity contribution < 1.29 is 5.11 Å². The molecule has 5 nitrogen and oxygen atoms in total. The predicted octanol–water partition coefficient (Wildman–Crippen LogP) is 0.212. The zero-order valence-electron chi connectivity index (χ0n) is 11.1. The standard InChI is InChI=1S/C12H24N4O/c1-4-13-11(5-8-17)9-15(2)10-12-14-6-7-16(12)3/h6-7,11,13,17H,4-5,8-10H2,1-3H3. The molecule has 0 saturated carbocycles. The number of rotatable bonds is 8. The molecule has 98 valence electrons. The van der Waals surface area contributed by atoms with Crippen LogP contribution in [0.15, 0.2) is 12.4 Å². The number of imidazole rings is 1. The van der Waals surface area contributed by atoms with Crippen LogP contribution in [0.5, 0.6) is 0 Å². The Hall–Kier alpha value is -0.910. The number of aliphatic hydroxyl groups is 1. The molecule has 1 heterocycles. The van der Waals surface area contributed by atoms with Gasteiger partial charge in [-0.25, -0.2) is 4.98 Å². The Balaban J connectivity index is 2.41. The van der Waals surface area contributed by atoms with Gasteiger partial charge in [0.25, 0.3) is 0 Å². The molecule has 0 amide bonds. The van der Waals surface area contributed by atoms with E-state index in [9.17, 15) is 0 Å². The molecule has 5 heteroatoms. The van der Waals surface area contributed by atoms with Gasteiger partial charge in [-0.15, -0.1) is 0 Å². The zero-order chi connectivity index (χ0) is 12.7. The van der Waals surface area contributed by atoms with Crippen LogP contribution in [0.4, 0.5) is 0 Å². The minimum atomic E-state index is 0.230. The number of nitrogens with zero attached hydrogens (tertiary/aromatic N) is 3. The van der Waals surface area contributed by atoms with Gasteiger partial charge in [-0.1, -0.05) is 6.92 Å². The summed E-state index contributed by atoms with van der Waals surface area (Å²) in [4.78, 5) is 6.53. The van der Waals surface area contributed by atoms with Gasteiger partial charge in [-0.2, -0.15) is 0 Å². The smallest absolute Gasteiger partial charge is 0.122 e. The average molecular weight is 240 g/mol. The summed E-state index contributed by atoms with van der Waals surface area (Å²) in [5.74, 6) is 1.06. The molecular formula is C12H24N4O. The van der Waals surface area contributed by atoms with E-state index in [4.69, 9.17) is 5.11 Å². The van der Waals surface area contributed by atoms with Gasteiger partial charge in [0.15, 0.2) is 0 Å². The number of aryl methyl sites for hydroxylation is 1. The predicted molar refractivity (Wildman–Crippen MR) is 68.7 cm³/mol. The van der Waals surface area contributed by atoms with Gasteiger partial charge >= 0.3 is 0 Å². The maximum absolute atomic E-state index is 9.00. The number of hydrogen-bond donors (Lipinski definition) is 2. The molecule has 17 heavy (non-hydrogen) atoms. The maximum atomic E-state index is 9.00. The molecular weight excluding hydrogens is 216 g/mol. The van der Waals surface area contributed by atoms with Gasteiger partial charge in [-0.3, -0.25) is 4.90 Å². The molecule has 2 N–H and O–H groups in total. The summed E-state index contributed by atoms with van der Waals surface area (Å²) < 4.78 is 2.03. The first-order valence-electron chi connectivity index (χ1n) is 6.16. The summed E-state index contributed by atoms with van der Waals surface area (Å²) in [6, 6.07) is 0.343. The van der Waals surface area contributed by atoms with Gasteiger partial charge in [0.2, 0.25) is 0 Å². The zero-order valence-corrected chi connectivity index (χ0v) is 11.1. The topological polar surface area (TPSA) is 53.3 Å². The van der Waals surface area contributed by atoms with E-state index >= 15 is 0 Å². The Bertz CT molecular complexity index is 307. The lowest BCUT2D eigenvalue weighted by atomic mass is 10.2. The van der Waals surface area contributed by atoms with Crippen LogP contribution in [-0.2, 0) is 13.6 Å². The highest BCUT2D eigenvalue weighted by Gasteiger charge is 2.11. The van der Waals surface area contributed by atoms with Crippen LogP contribution >= 0.6 is 0 Å². The van der Waals surface area contributed by atoms with Crippen LogP contribution in [-0.4, -0.2) is 52.3 Å². The van der Waals surface area contributed by atoms with E-state index in [2.05, 4.69) is 29.2 Å². The highest BCUT2D eigenvalue weighted by atomic mass is 16.3. The molecule has 1 unspecified atom stereocenters. The summed E-state index contributed by atoms with van der Waals surface area (Å²) in [5.41, 5.74) is 0. The average Bonchev–Trinajstić information content (AvgIpc) is 2.65. The third kappa shape index (κ3) is 4.85. The molecule has 0 aliphatic heterocycles. The largest absolute Gasteiger partial charge is 0.396 e. The van der Waals surface area contributed by atoms with E-state index < -0.39 is 0 Å². The quantitative estimate of drug-likeness (QED) is 0.682. The fourth-order valence-corrected chi connectivity index (χ4v) is 1.93. The van der Waals surface area contributed by atoms with Crippen LogP contribution in [0.3, 0.4) is 0 Å². The minimum absolute atomic E-state index is 0.230. The van der Waals surface area contributed by atoms with Gasteiger partial charge in [-0.05, 0) is 20.0 Å². The summed E-state index contributed by atoms with van der Waals surface area (Å²) in [5, 5.41) is 12.4. The molecule has 0 aliphatic carbocycles. The van der Waals surface area contributed by atoms with Gasteiger partial charge in [0, 0.05) is 38.6 Å². The summed E-state index contributed by atoms with van der Waals surface area (Å²) >= 11 is 0. The molecule has 1 aromatic rings. The van der Waals surface area contributed by atoms with E-state index in [1.807, 2.05) is 24.0 Å². The van der Waals surface area contributed by atoms with Gasteiger partial charge in [0.05, 0.1) is 6.54 Å². The Kier molecular flexibility index (Phi) is 6.18. The Morgan fingerprint density at radius 2 is 2.35 bits per heavy atom. The Morgan fingerprint density at radius 1 is 1.59 bits per heavy atom. The molecule has 1 atom stereocenters. The number of aromatic nitrogens is 2. The summed E-state index contributed by atoms with van der Waals surface area (Å²) in [7, 11) is 4.09. The summed E-state index contributed by atoms with van der Waals surface area (Å²) in [6.07, 6.45) is 4.57. The monoisotopic (exact) mass is 240 g/mol. The van der Waals surface area contributed by atoms with Crippen molar-refractivity contribution in [2.24, 2.45) is 7.05 Å². The Morgan fingerprint density at radius 3 is 2.88 bits per heavy atom. The lowest BCUT2D eigenvalue weighted by Gasteiger charge is -2.24. The second kappa shape index (κ2) is 7.42. The van der Waals surface area contributed by atoms with Crippen molar-refractivity contribution in [3.63, 3.8) is 0 Å². The second-order valence-corrected chi connectivity index (χ2v) is 4.42. The fraction of sp³-hybridized carbons (Fsp3) is 0.750. The maximum Gasteiger partial charge on any atom is 0.122 e. The van der Waals surface area contributed by atoms with Crippen LogP contribution in [0.2, 0.25) is 0 Å². The van der Waals surface area contributed by atoms with Gasteiger partial charge < -0.3 is 15.0 Å². The lowest BCUT2D eigenvalue weighted by molar-refractivity contribution is 0.224. The van der Waals surface area contributed by atoms with Crippen molar-refractivity contribution in [2.75, 3.05) is 26.7 Å². The molecule has 0 aromatic carbocycles. The minimum Gasteiger partial charge on any atom is -0.396 e. The van der Waals surface area contributed by atoms with E-state index in [0.29, 0.717) is 6.04 Å². The van der Waals surface area contributed by atoms with Crippen molar-refractivity contribution in [1.29, 1.82) is 0 Å². The first-order valence-corrected chi connectivity index (χ1v) is 6.16. The van der Waals surface area contributed by atoms with Crippen LogP contribution < -0.4 is 5.32 Å². The molecule has 0 bridgehead atoms. The lowest BCUT2D eigenvalue weighted by Crippen LogP contribution is -2.40. The number of likely N-dealkylation sites (N-methyl/N-ethyl adjacent to an activating group) is 2. The van der Waals surface area contributed by atoms with Crippen LogP contribution in [0.25, 0.3) is 0 Å². The second-order valence-electron chi connectivity index (χ2n) is 4.42. The molecule has 0 aliphatic rings. The molecule has 0 spiro atoms. The highest BCUT2D eigenvalue weighted by Crippen LogP contribution is 2.02. The van der Waals surface area contributed by atoms with Crippen molar-refractivity contribution in [3.05, 3.63) is 18.2 Å². The number of nitrogens with one attached hydrogen (secondary N) is 1. The molecule has 0 radical (unpaired) electrons. The molecule has 0 saturated heterocycles. The third-order valence-corrected chi connectivity index (χ3v) is 2.83. The van der Waals surface area contributed by atoms with E-state index in [1.165, 1.54) is 0 Å². The van der Waals surface area contributed by atoms with Crippen molar-refractivity contribution in [1.82, 2.24) is 19.8 Å². The molecule has 1 aromatic heterocycles. The normalized spacial score (nSPS) is 13.2. The number of hydrogen-bond acceptors (Lipinski definition) is 4. The first kappa shape index (κ1) is 14.2. The SMILES string of the molecule is CCNC(CCO)CN(C)Cc1nccn1C. The van der Waals surface area contributed by atoms with Crippen LogP contribution in [0.1, 0.15) is 19.2 Å². The highest BCUT2D eigenvalue weighted by molar-refractivity contribution is 4.90. The van der Waals surface area contributed by atoms with E-state index in [0.717, 1.165) is 31.9 Å².